The van der Waals surface area contributed by atoms with Crippen LogP contribution in [0, 0.1) is 51.0 Å². The van der Waals surface area contributed by atoms with Gasteiger partial charge in [-0.1, -0.05) is 291 Å². The zero-order valence-electron chi connectivity index (χ0n) is 77.5. The van der Waals surface area contributed by atoms with Crippen LogP contribution in [-0.4, -0.2) is 0 Å². The van der Waals surface area contributed by atoms with Crippen molar-refractivity contribution >= 4 is 133 Å². The van der Waals surface area contributed by atoms with Gasteiger partial charge in [0.2, 0.25) is 0 Å². The van der Waals surface area contributed by atoms with Crippen molar-refractivity contribution in [2.24, 2.45) is 0 Å². The molecule has 0 unspecified atom stereocenters. The van der Waals surface area contributed by atoms with Crippen LogP contribution in [0.2, 0.25) is 0 Å². The Morgan fingerprint density at radius 1 is 0.136 bits per heavy atom. The molecule has 0 amide bonds. The van der Waals surface area contributed by atoms with Crippen molar-refractivity contribution in [2.75, 3.05) is 19.6 Å². The quantitative estimate of drug-likeness (QED) is 0.0557. The second-order valence-corrected chi connectivity index (χ2v) is 36.5. The number of nitrogens with zero attached hydrogens (tertiary/aromatic N) is 4. The summed E-state index contributed by atoms with van der Waals surface area (Å²) in [6.07, 6.45) is 0. The third-order valence-corrected chi connectivity index (χ3v) is 27.0. The zero-order valence-corrected chi connectivity index (χ0v) is 77.5. The number of hydrogen-bond acceptors (Lipinski definition) is 4. The molecule has 0 aliphatic heterocycles. The fourth-order valence-corrected chi connectivity index (χ4v) is 20.7. The Labute approximate surface area is 812 Å². The monoisotopic (exact) mass is 1810 g/mol. The Morgan fingerprint density at radius 3 is 0.514 bits per heavy atom. The standard InChI is InChI=1S/C68H50F2N2.C64H42F2N2/c1-43-31-44(2)34-59(33-43)71(61-39-53(47-11-7-5-8-12-47)37-55(41-61)49-15-23-57(69)24-16-49)65-29-21-51-20-28-64-66(30-22-52-19-27-63(65)67(51)68(52)64)72(60-35-45(3)32-46(4)36-60)62-40-54(48-13-9-6-10-14-48)38-56(42-62)50-17-25-58(70)26-18-50;65-53-29-21-45(22-30-53)51-37-49(43-13-5-1-6-14-43)39-57(41-51)67(55-17-9-3-10-18-55)61-35-27-47-26-34-60-62(36-28-48-25-33-59(61)63(47)64(48)60)68(56-19-11-4-12-20-56)58-40-50(44-15-7-2-8-16-44)38-52(42-58)46-23-31-54(66)32-24-46/h5-42H,1-4H3;1-42H. The van der Waals surface area contributed by atoms with E-state index in [1.165, 1.54) is 92.3 Å². The van der Waals surface area contributed by atoms with Gasteiger partial charge < -0.3 is 19.6 Å². The molecule has 24 aromatic rings. The molecule has 668 valence electrons. The highest BCUT2D eigenvalue weighted by Gasteiger charge is 2.29. The Kier molecular flexibility index (Phi) is 22.7. The summed E-state index contributed by atoms with van der Waals surface area (Å²) < 4.78 is 57.5. The van der Waals surface area contributed by atoms with Crippen LogP contribution in [0.15, 0.2) is 485 Å². The summed E-state index contributed by atoms with van der Waals surface area (Å²) in [5.74, 6) is -1.06. The lowest BCUT2D eigenvalue weighted by atomic mass is 9.91. The maximum absolute atomic E-state index is 14.4. The molecule has 0 heterocycles. The van der Waals surface area contributed by atoms with Crippen LogP contribution in [0.3, 0.4) is 0 Å². The lowest BCUT2D eigenvalue weighted by Crippen LogP contribution is -2.12. The summed E-state index contributed by atoms with van der Waals surface area (Å²) in [6.45, 7) is 8.63. The number of para-hydroxylation sites is 2. The molecule has 0 N–H and O–H groups in total. The average molecular weight is 1810 g/mol. The van der Waals surface area contributed by atoms with Crippen LogP contribution >= 0.6 is 0 Å². The van der Waals surface area contributed by atoms with E-state index in [-0.39, 0.29) is 23.3 Å². The molecule has 0 radical (unpaired) electrons. The van der Waals surface area contributed by atoms with Crippen LogP contribution in [-0.2, 0) is 0 Å². The minimum atomic E-state index is -0.266. The predicted molar refractivity (Wildman–Crippen MR) is 581 cm³/mol. The summed E-state index contributed by atoms with van der Waals surface area (Å²) in [5.41, 5.74) is 33.3. The molecule has 0 saturated carbocycles. The number of anilines is 12. The third kappa shape index (κ3) is 16.9. The maximum atomic E-state index is 14.4. The van der Waals surface area contributed by atoms with E-state index in [1.807, 2.05) is 84.9 Å². The minimum Gasteiger partial charge on any atom is -0.310 e. The Morgan fingerprint density at radius 2 is 0.307 bits per heavy atom. The second-order valence-electron chi connectivity index (χ2n) is 36.5. The van der Waals surface area contributed by atoms with Gasteiger partial charge in [0.05, 0.1) is 22.7 Å². The first-order valence-electron chi connectivity index (χ1n) is 47.4. The van der Waals surface area contributed by atoms with Crippen LogP contribution < -0.4 is 19.6 Å². The highest BCUT2D eigenvalue weighted by atomic mass is 19.1. The predicted octanol–water partition coefficient (Wildman–Crippen LogP) is 38.2. The van der Waals surface area contributed by atoms with Crippen LogP contribution in [0.5, 0.6) is 0 Å². The Bertz CT molecular complexity index is 8170. The fraction of sp³-hybridized carbons (Fsp3) is 0.0303. The van der Waals surface area contributed by atoms with Crippen LogP contribution in [0.25, 0.3) is 154 Å². The fourth-order valence-electron chi connectivity index (χ4n) is 20.7. The molecular weight excluding hydrogens is 1720 g/mol. The molecule has 8 heteroatoms. The highest BCUT2D eigenvalue weighted by molar-refractivity contribution is 6.30. The second kappa shape index (κ2) is 36.8. The lowest BCUT2D eigenvalue weighted by Gasteiger charge is -2.31. The number of rotatable bonds is 20. The molecule has 4 nitrogen and oxygen atoms in total. The molecule has 0 aliphatic rings. The van der Waals surface area contributed by atoms with Gasteiger partial charge in [-0.15, -0.1) is 0 Å². The van der Waals surface area contributed by atoms with Gasteiger partial charge in [-0.25, -0.2) is 17.6 Å². The van der Waals surface area contributed by atoms with Crippen molar-refractivity contribution in [3.05, 3.63) is 531 Å². The molecule has 24 aromatic carbocycles. The normalized spacial score (nSPS) is 11.4. The third-order valence-electron chi connectivity index (χ3n) is 27.0. The molecule has 0 saturated heterocycles. The van der Waals surface area contributed by atoms with Crippen LogP contribution in [0.4, 0.5) is 85.8 Å². The van der Waals surface area contributed by atoms with Gasteiger partial charge in [0.15, 0.2) is 0 Å². The maximum Gasteiger partial charge on any atom is 0.123 e. The van der Waals surface area contributed by atoms with E-state index in [1.54, 1.807) is 0 Å². The first kappa shape index (κ1) is 86.4. The molecule has 24 rings (SSSR count). The number of benzene rings is 24. The van der Waals surface area contributed by atoms with Gasteiger partial charge in [0.1, 0.15) is 23.3 Å². The van der Waals surface area contributed by atoms with E-state index in [4.69, 9.17) is 0 Å². The number of aryl methyl sites for hydroxylation is 4. The van der Waals surface area contributed by atoms with E-state index in [9.17, 15) is 17.6 Å². The van der Waals surface area contributed by atoms with E-state index in [0.717, 1.165) is 200 Å². The SMILES string of the molecule is Cc1cc(C)cc(N(c2cc(-c3ccccc3)cc(-c3ccc(F)cc3)c2)c2ccc3ccc4c(N(c5cc(C)cc(C)c5)c5cc(-c6ccccc6)cc(-c6ccc(F)cc6)c5)ccc5ccc2c3c54)c1.Fc1ccc(-c2cc(-c3ccccc3)cc(N(c3ccccc3)c3ccc4ccc5c(N(c6ccccc6)c6cc(-c7ccccc7)cc(-c7ccc(F)cc7)c6)ccc6ccc3c4c65)c2)cc1. The molecule has 0 spiro atoms. The van der Waals surface area contributed by atoms with Gasteiger partial charge in [-0.3, -0.25) is 0 Å². The topological polar surface area (TPSA) is 13.0 Å². The number of halogens is 4. The van der Waals surface area contributed by atoms with Gasteiger partial charge in [0, 0.05) is 67.0 Å². The number of hydrogen-bond donors (Lipinski definition) is 0. The molecule has 0 atom stereocenters. The Balaban J connectivity index is 0.000000156. The molecule has 140 heavy (non-hydrogen) atoms. The first-order chi connectivity index (χ1) is 68.6. The van der Waals surface area contributed by atoms with Gasteiger partial charge >= 0.3 is 0 Å². The largest absolute Gasteiger partial charge is 0.310 e. The highest BCUT2D eigenvalue weighted by Crippen LogP contribution is 2.54. The van der Waals surface area contributed by atoms with Crippen LogP contribution in [0.1, 0.15) is 22.3 Å². The summed E-state index contributed by atoms with van der Waals surface area (Å²) in [7, 11) is 0. The van der Waals surface area contributed by atoms with Crippen molar-refractivity contribution < 1.29 is 17.6 Å². The van der Waals surface area contributed by atoms with Gasteiger partial charge in [0.25, 0.3) is 0 Å². The Hall–Kier alpha value is -17.7. The van der Waals surface area contributed by atoms with Crippen molar-refractivity contribution in [2.45, 2.75) is 27.7 Å². The van der Waals surface area contributed by atoms with Gasteiger partial charge in [-0.2, -0.15) is 0 Å². The van der Waals surface area contributed by atoms with Crippen molar-refractivity contribution in [3.8, 4) is 89.0 Å². The van der Waals surface area contributed by atoms with Crippen molar-refractivity contribution in [3.63, 3.8) is 0 Å². The first-order valence-corrected chi connectivity index (χ1v) is 47.4. The average Bonchev–Trinajstić information content (AvgIpc) is 0.719. The van der Waals surface area contributed by atoms with Gasteiger partial charge in [-0.05, 0) is 376 Å². The van der Waals surface area contributed by atoms with Crippen molar-refractivity contribution in [1.29, 1.82) is 0 Å². The molecule has 0 bridgehead atoms. The van der Waals surface area contributed by atoms with E-state index < -0.39 is 0 Å². The summed E-state index contributed by atoms with van der Waals surface area (Å²) in [5, 5.41) is 13.8. The lowest BCUT2D eigenvalue weighted by molar-refractivity contribution is 0.627. The van der Waals surface area contributed by atoms with E-state index in [0.29, 0.717) is 0 Å². The zero-order chi connectivity index (χ0) is 94.6. The molecule has 0 aromatic heterocycles. The molecule has 0 aliphatic carbocycles. The smallest absolute Gasteiger partial charge is 0.123 e. The summed E-state index contributed by atoms with van der Waals surface area (Å²) in [6, 6.07) is 166. The molecule has 0 fully saturated rings. The molecular formula is C132H92F4N4. The minimum absolute atomic E-state index is 0.264. The van der Waals surface area contributed by atoms with E-state index in [2.05, 4.69) is 399 Å². The summed E-state index contributed by atoms with van der Waals surface area (Å²) >= 11 is 0. The van der Waals surface area contributed by atoms with Crippen molar-refractivity contribution in [1.82, 2.24) is 0 Å². The summed E-state index contributed by atoms with van der Waals surface area (Å²) in [4.78, 5) is 9.52. The van der Waals surface area contributed by atoms with E-state index >= 15 is 0 Å².